The van der Waals surface area contributed by atoms with Crippen molar-refractivity contribution in [1.29, 1.82) is 0 Å². The van der Waals surface area contributed by atoms with E-state index in [-0.39, 0.29) is 0 Å². The summed E-state index contributed by atoms with van der Waals surface area (Å²) in [6.07, 6.45) is 5.38. The highest BCUT2D eigenvalue weighted by Crippen LogP contribution is 2.22. The van der Waals surface area contributed by atoms with Crippen LogP contribution >= 0.6 is 0 Å². The van der Waals surface area contributed by atoms with Gasteiger partial charge in [-0.05, 0) is 58.7 Å². The van der Waals surface area contributed by atoms with Gasteiger partial charge in [0.15, 0.2) is 0 Å². The van der Waals surface area contributed by atoms with E-state index >= 15 is 0 Å². The second-order valence-electron chi connectivity index (χ2n) is 4.13. The van der Waals surface area contributed by atoms with Crippen LogP contribution in [0.1, 0.15) is 32.6 Å². The zero-order valence-electron chi connectivity index (χ0n) is 8.47. The Hall–Kier alpha value is -0.300. The second-order valence-corrected chi connectivity index (χ2v) is 4.13. The third-order valence-corrected chi connectivity index (χ3v) is 2.88. The maximum Gasteiger partial charge on any atom is -0.00216 e. The van der Waals surface area contributed by atoms with E-state index in [1.54, 1.807) is 0 Å². The molecule has 0 aromatic heterocycles. The van der Waals surface area contributed by atoms with E-state index in [2.05, 4.69) is 25.5 Å². The van der Waals surface area contributed by atoms with E-state index in [4.69, 9.17) is 0 Å². The van der Waals surface area contributed by atoms with Crippen molar-refractivity contribution in [2.24, 2.45) is 5.92 Å². The van der Waals surface area contributed by atoms with Crippen LogP contribution in [0, 0.1) is 5.92 Å². The topological polar surface area (TPSA) is 3.24 Å². The van der Waals surface area contributed by atoms with Crippen molar-refractivity contribution in [3.05, 3.63) is 12.2 Å². The van der Waals surface area contributed by atoms with E-state index in [9.17, 15) is 0 Å². The molecule has 0 spiro atoms. The summed E-state index contributed by atoms with van der Waals surface area (Å²) in [5, 5.41) is 0. The van der Waals surface area contributed by atoms with Crippen molar-refractivity contribution >= 4 is 0 Å². The third-order valence-electron chi connectivity index (χ3n) is 2.88. The minimum absolute atomic E-state index is 0.804. The quantitative estimate of drug-likeness (QED) is 0.543. The van der Waals surface area contributed by atoms with Gasteiger partial charge in [0.2, 0.25) is 0 Å². The summed E-state index contributed by atoms with van der Waals surface area (Å²) < 4.78 is 0. The number of hydrogen-bond donors (Lipinski definition) is 0. The van der Waals surface area contributed by atoms with E-state index < -0.39 is 0 Å². The molecule has 1 fully saturated rings. The average Bonchev–Trinajstić information content (AvgIpc) is 1.95. The molecule has 70 valence electrons. The molecule has 12 heavy (non-hydrogen) atoms. The Balaban J connectivity index is 2.35. The van der Waals surface area contributed by atoms with Crippen LogP contribution in [-0.2, 0) is 0 Å². The molecule has 0 atom stereocenters. The molecule has 1 saturated heterocycles. The van der Waals surface area contributed by atoms with Gasteiger partial charge >= 0.3 is 0 Å². The van der Waals surface area contributed by atoms with Crippen LogP contribution in [0.25, 0.3) is 0 Å². The Morgan fingerprint density at radius 1 is 1.25 bits per heavy atom. The summed E-state index contributed by atoms with van der Waals surface area (Å²) >= 11 is 0. The zero-order chi connectivity index (χ0) is 8.97. The Kier molecular flexibility index (Phi) is 3.80. The summed E-state index contributed by atoms with van der Waals surface area (Å²) in [4.78, 5) is 2.44. The van der Waals surface area contributed by atoms with E-state index in [1.807, 2.05) is 0 Å². The maximum absolute atomic E-state index is 4.06. The Morgan fingerprint density at radius 2 is 1.75 bits per heavy atom. The van der Waals surface area contributed by atoms with Crippen molar-refractivity contribution < 1.29 is 0 Å². The molecule has 1 aliphatic heterocycles. The molecule has 1 rings (SSSR count). The van der Waals surface area contributed by atoms with Crippen molar-refractivity contribution in [3.8, 4) is 0 Å². The molecule has 0 aromatic rings. The van der Waals surface area contributed by atoms with Gasteiger partial charge in [-0.15, -0.1) is 0 Å². The molecule has 0 saturated carbocycles. The Labute approximate surface area is 76.5 Å². The lowest BCUT2D eigenvalue weighted by Crippen LogP contribution is -2.24. The molecule has 1 nitrogen and oxygen atoms in total. The molecule has 0 aromatic carbocycles. The SMILES string of the molecule is C=C(C)C1CCCN(C)CCC1. The predicted molar refractivity (Wildman–Crippen MR) is 54.3 cm³/mol. The largest absolute Gasteiger partial charge is 0.306 e. The van der Waals surface area contributed by atoms with Crippen LogP contribution < -0.4 is 0 Å². The van der Waals surface area contributed by atoms with Crippen LogP contribution in [0.15, 0.2) is 12.2 Å². The molecule has 0 N–H and O–H groups in total. The number of hydrogen-bond acceptors (Lipinski definition) is 1. The van der Waals surface area contributed by atoms with Crippen LogP contribution in [0.5, 0.6) is 0 Å². The van der Waals surface area contributed by atoms with Gasteiger partial charge < -0.3 is 4.90 Å². The standard InChI is InChI=1S/C11H21N/c1-10(2)11-6-4-8-12(3)9-5-7-11/h11H,1,4-9H2,2-3H3. The molecule has 0 bridgehead atoms. The zero-order valence-corrected chi connectivity index (χ0v) is 8.47. The summed E-state index contributed by atoms with van der Waals surface area (Å²) in [6, 6.07) is 0. The minimum atomic E-state index is 0.804. The summed E-state index contributed by atoms with van der Waals surface area (Å²) in [5.41, 5.74) is 1.39. The van der Waals surface area contributed by atoms with Crippen LogP contribution in [0.2, 0.25) is 0 Å². The normalized spacial score (nSPS) is 23.2. The first-order chi connectivity index (χ1) is 5.70. The minimum Gasteiger partial charge on any atom is -0.306 e. The molecule has 0 radical (unpaired) electrons. The molecule has 0 unspecified atom stereocenters. The van der Waals surface area contributed by atoms with Crippen molar-refractivity contribution in [2.75, 3.05) is 20.1 Å². The average molecular weight is 167 g/mol. The van der Waals surface area contributed by atoms with Crippen LogP contribution in [0.3, 0.4) is 0 Å². The molecule has 1 heteroatoms. The Bertz CT molecular complexity index is 141. The third kappa shape index (κ3) is 2.98. The highest BCUT2D eigenvalue weighted by Gasteiger charge is 2.12. The first-order valence-electron chi connectivity index (χ1n) is 5.04. The van der Waals surface area contributed by atoms with Crippen molar-refractivity contribution in [2.45, 2.75) is 32.6 Å². The molecule has 1 aliphatic rings. The Morgan fingerprint density at radius 3 is 2.17 bits per heavy atom. The fraction of sp³-hybridized carbons (Fsp3) is 0.818. The molecular weight excluding hydrogens is 146 g/mol. The van der Waals surface area contributed by atoms with Gasteiger partial charge in [-0.2, -0.15) is 0 Å². The fourth-order valence-electron chi connectivity index (χ4n) is 1.96. The number of allylic oxidation sites excluding steroid dienone is 1. The monoisotopic (exact) mass is 167 g/mol. The maximum atomic E-state index is 4.06. The fourth-order valence-corrected chi connectivity index (χ4v) is 1.96. The van der Waals surface area contributed by atoms with E-state index in [0.29, 0.717) is 0 Å². The molecule has 0 amide bonds. The lowest BCUT2D eigenvalue weighted by atomic mass is 9.90. The highest BCUT2D eigenvalue weighted by atomic mass is 15.1. The first-order valence-corrected chi connectivity index (χ1v) is 5.04. The van der Waals surface area contributed by atoms with Gasteiger partial charge in [-0.1, -0.05) is 12.2 Å². The number of likely N-dealkylation sites (tertiary alicyclic amines) is 1. The van der Waals surface area contributed by atoms with Gasteiger partial charge in [-0.3, -0.25) is 0 Å². The molecular formula is C11H21N. The summed E-state index contributed by atoms with van der Waals surface area (Å²) in [7, 11) is 2.22. The summed E-state index contributed by atoms with van der Waals surface area (Å²) in [6.45, 7) is 8.77. The second kappa shape index (κ2) is 4.66. The van der Waals surface area contributed by atoms with Gasteiger partial charge in [0, 0.05) is 0 Å². The lowest BCUT2D eigenvalue weighted by molar-refractivity contribution is 0.276. The van der Waals surface area contributed by atoms with Gasteiger partial charge in [0.05, 0.1) is 0 Å². The predicted octanol–water partition coefficient (Wildman–Crippen LogP) is 2.68. The van der Waals surface area contributed by atoms with Crippen LogP contribution in [0.4, 0.5) is 0 Å². The first kappa shape index (κ1) is 9.79. The number of rotatable bonds is 1. The summed E-state index contributed by atoms with van der Waals surface area (Å²) in [5.74, 6) is 0.804. The van der Waals surface area contributed by atoms with Crippen molar-refractivity contribution in [1.82, 2.24) is 4.90 Å². The molecule has 0 aliphatic carbocycles. The van der Waals surface area contributed by atoms with E-state index in [0.717, 1.165) is 5.92 Å². The van der Waals surface area contributed by atoms with E-state index in [1.165, 1.54) is 44.3 Å². The molecule has 1 heterocycles. The van der Waals surface area contributed by atoms with Gasteiger partial charge in [0.25, 0.3) is 0 Å². The van der Waals surface area contributed by atoms with Crippen LogP contribution in [-0.4, -0.2) is 25.0 Å². The smallest absolute Gasteiger partial charge is 0.00216 e. The lowest BCUT2D eigenvalue weighted by Gasteiger charge is -2.24. The number of nitrogens with zero attached hydrogens (tertiary/aromatic N) is 1. The van der Waals surface area contributed by atoms with Crippen molar-refractivity contribution in [3.63, 3.8) is 0 Å². The highest BCUT2D eigenvalue weighted by molar-refractivity contribution is 4.96. The van der Waals surface area contributed by atoms with Gasteiger partial charge in [0.1, 0.15) is 0 Å². The van der Waals surface area contributed by atoms with Gasteiger partial charge in [-0.25, -0.2) is 0 Å².